The van der Waals surface area contributed by atoms with Crippen molar-refractivity contribution < 1.29 is 23.4 Å². The number of phenols is 1. The molecule has 6 heterocycles. The first-order valence-electron chi connectivity index (χ1n) is 16.6. The van der Waals surface area contributed by atoms with Gasteiger partial charge in [0, 0.05) is 55.0 Å². The summed E-state index contributed by atoms with van der Waals surface area (Å²) in [6.07, 6.45) is 13.6. The molecule has 2 bridgehead atoms. The highest BCUT2D eigenvalue weighted by atomic mass is 19.1. The Kier molecular flexibility index (Phi) is 7.62. The quantitative estimate of drug-likeness (QED) is 0.253. The van der Waals surface area contributed by atoms with Crippen molar-refractivity contribution >= 4 is 27.5 Å². The van der Waals surface area contributed by atoms with Crippen LogP contribution in [0.15, 0.2) is 30.5 Å². The van der Waals surface area contributed by atoms with Gasteiger partial charge in [-0.05, 0) is 75.6 Å². The van der Waals surface area contributed by atoms with Crippen molar-refractivity contribution in [3.8, 4) is 35.4 Å². The number of piperazine rings is 1. The standard InChI is InChI=1S/C36H38F2N6O3/c1-3-26-29(37)9-6-21-14-25(45)15-27(30(21)26)32-31(38)33-28(16-39-32)34(43-17-22-7-8-23(18-43)40-22)42-35(41-33)47-20-36-11-5-13-44(36)24(10-12-36)19-46-4-2/h1,6,9,14-16,22-24,40,45H,4-5,7-8,10-13,17-20H2,2H3/t22-,23+,24?,36?. The van der Waals surface area contributed by atoms with Crippen LogP contribution in [0, 0.1) is 24.0 Å². The largest absolute Gasteiger partial charge is 0.508 e. The Hall–Kier alpha value is -4.11. The van der Waals surface area contributed by atoms with Gasteiger partial charge in [-0.25, -0.2) is 8.78 Å². The molecule has 0 amide bonds. The first-order chi connectivity index (χ1) is 22.9. The number of nitrogens with zero attached hydrogens (tertiary/aromatic N) is 5. The first-order valence-corrected chi connectivity index (χ1v) is 16.6. The molecule has 0 saturated carbocycles. The molecule has 4 aliphatic heterocycles. The normalized spacial score (nSPS) is 25.5. The fourth-order valence-corrected chi connectivity index (χ4v) is 8.48. The second-order valence-corrected chi connectivity index (χ2v) is 13.4. The Bertz CT molecular complexity index is 1900. The van der Waals surface area contributed by atoms with E-state index in [4.69, 9.17) is 20.9 Å². The summed E-state index contributed by atoms with van der Waals surface area (Å²) in [7, 11) is 0. The molecule has 11 heteroatoms. The van der Waals surface area contributed by atoms with Gasteiger partial charge in [0.1, 0.15) is 35.2 Å². The Morgan fingerprint density at radius 3 is 2.74 bits per heavy atom. The molecule has 4 atom stereocenters. The van der Waals surface area contributed by atoms with Crippen LogP contribution in [-0.2, 0) is 4.74 Å². The van der Waals surface area contributed by atoms with Crippen LogP contribution in [-0.4, -0.2) is 88.1 Å². The van der Waals surface area contributed by atoms with Crippen molar-refractivity contribution in [3.05, 3.63) is 47.7 Å². The van der Waals surface area contributed by atoms with Gasteiger partial charge in [0.05, 0.1) is 23.1 Å². The van der Waals surface area contributed by atoms with Crippen LogP contribution in [0.3, 0.4) is 0 Å². The maximum atomic E-state index is 16.9. The van der Waals surface area contributed by atoms with E-state index in [1.165, 1.54) is 24.3 Å². The van der Waals surface area contributed by atoms with Crippen LogP contribution in [0.4, 0.5) is 14.6 Å². The van der Waals surface area contributed by atoms with Crippen molar-refractivity contribution in [2.45, 2.75) is 69.1 Å². The van der Waals surface area contributed by atoms with Gasteiger partial charge < -0.3 is 24.8 Å². The molecule has 4 aliphatic rings. The molecule has 0 aliphatic carbocycles. The number of fused-ring (bicyclic) bond motifs is 5. The predicted molar refractivity (Wildman–Crippen MR) is 176 cm³/mol. The first kappa shape index (κ1) is 30.2. The molecule has 2 unspecified atom stereocenters. The maximum Gasteiger partial charge on any atom is 0.319 e. The number of aromatic nitrogens is 3. The molecular weight excluding hydrogens is 602 g/mol. The third-order valence-electron chi connectivity index (χ3n) is 10.6. The van der Waals surface area contributed by atoms with E-state index in [1.54, 1.807) is 6.20 Å². The fraction of sp³-hybridized carbons (Fsp3) is 0.472. The SMILES string of the molecule is C#Cc1c(F)ccc2cc(O)cc(-c3ncc4c(N5C[C@H]6CC[C@@H](C5)N6)nc(OCC56CCCN5C(COCC)CC6)nc4c3F)c12. The maximum absolute atomic E-state index is 16.9. The molecule has 4 saturated heterocycles. The topological polar surface area (TPSA) is 95.9 Å². The second kappa shape index (κ2) is 11.8. The van der Waals surface area contributed by atoms with Gasteiger partial charge in [-0.3, -0.25) is 9.88 Å². The molecule has 4 aromatic rings. The Morgan fingerprint density at radius 2 is 1.96 bits per heavy atom. The number of hydrogen-bond donors (Lipinski definition) is 2. The molecular formula is C36H38F2N6O3. The Balaban J connectivity index is 1.23. The fourth-order valence-electron chi connectivity index (χ4n) is 8.48. The van der Waals surface area contributed by atoms with Crippen molar-refractivity contribution in [3.63, 3.8) is 0 Å². The van der Waals surface area contributed by atoms with Gasteiger partial charge in [0.25, 0.3) is 0 Å². The number of nitrogens with one attached hydrogen (secondary N) is 1. The highest BCUT2D eigenvalue weighted by Crippen LogP contribution is 2.43. The molecule has 0 radical (unpaired) electrons. The smallest absolute Gasteiger partial charge is 0.319 e. The zero-order valence-electron chi connectivity index (χ0n) is 26.4. The number of terminal acetylenes is 1. The van der Waals surface area contributed by atoms with E-state index in [1.807, 2.05) is 6.92 Å². The molecule has 9 nitrogen and oxygen atoms in total. The summed E-state index contributed by atoms with van der Waals surface area (Å²) in [6, 6.07) is 6.68. The molecule has 2 aromatic heterocycles. The van der Waals surface area contributed by atoms with Crippen LogP contribution in [0.2, 0.25) is 0 Å². The average Bonchev–Trinajstić information content (AvgIpc) is 3.75. The van der Waals surface area contributed by atoms with Gasteiger partial charge in [-0.1, -0.05) is 12.0 Å². The van der Waals surface area contributed by atoms with E-state index in [0.29, 0.717) is 59.9 Å². The highest BCUT2D eigenvalue weighted by Gasteiger charge is 2.50. The second-order valence-electron chi connectivity index (χ2n) is 13.4. The van der Waals surface area contributed by atoms with Crippen molar-refractivity contribution in [2.24, 2.45) is 0 Å². The number of phenolic OH excluding ortho intramolecular Hbond substituents is 1. The lowest BCUT2D eigenvalue weighted by atomic mass is 9.95. The van der Waals surface area contributed by atoms with Crippen LogP contribution < -0.4 is 15.0 Å². The molecule has 244 valence electrons. The van der Waals surface area contributed by atoms with Gasteiger partial charge in [-0.15, -0.1) is 6.42 Å². The van der Waals surface area contributed by atoms with E-state index in [0.717, 1.165) is 58.2 Å². The van der Waals surface area contributed by atoms with E-state index in [9.17, 15) is 9.50 Å². The van der Waals surface area contributed by atoms with Crippen LogP contribution in [0.1, 0.15) is 51.0 Å². The minimum absolute atomic E-state index is 0.0259. The van der Waals surface area contributed by atoms with Gasteiger partial charge in [-0.2, -0.15) is 9.97 Å². The van der Waals surface area contributed by atoms with Gasteiger partial charge >= 0.3 is 6.01 Å². The molecule has 8 rings (SSSR count). The lowest BCUT2D eigenvalue weighted by Crippen LogP contribution is -2.51. The number of ether oxygens (including phenoxy) is 2. The minimum atomic E-state index is -0.716. The summed E-state index contributed by atoms with van der Waals surface area (Å²) >= 11 is 0. The zero-order chi connectivity index (χ0) is 32.3. The number of aromatic hydroxyl groups is 1. The number of benzene rings is 2. The van der Waals surface area contributed by atoms with E-state index in [2.05, 4.69) is 31.0 Å². The van der Waals surface area contributed by atoms with Gasteiger partial charge in [0.15, 0.2) is 5.82 Å². The summed E-state index contributed by atoms with van der Waals surface area (Å²) in [5.74, 6) is 1.53. The number of anilines is 1. The number of halogens is 2. The summed E-state index contributed by atoms with van der Waals surface area (Å²) in [4.78, 5) is 18.8. The Labute approximate surface area is 272 Å². The van der Waals surface area contributed by atoms with Crippen molar-refractivity contribution in [1.82, 2.24) is 25.2 Å². The Morgan fingerprint density at radius 1 is 1.13 bits per heavy atom. The van der Waals surface area contributed by atoms with E-state index >= 15 is 4.39 Å². The molecule has 2 aromatic carbocycles. The van der Waals surface area contributed by atoms with Crippen molar-refractivity contribution in [2.75, 3.05) is 44.4 Å². The van der Waals surface area contributed by atoms with Crippen LogP contribution in [0.25, 0.3) is 32.9 Å². The number of pyridine rings is 1. The number of rotatable bonds is 8. The summed E-state index contributed by atoms with van der Waals surface area (Å²) < 4.78 is 44.0. The highest BCUT2D eigenvalue weighted by molar-refractivity contribution is 6.03. The third-order valence-corrected chi connectivity index (χ3v) is 10.6. The lowest BCUT2D eigenvalue weighted by molar-refractivity contribution is 0.0401. The number of hydrogen-bond acceptors (Lipinski definition) is 9. The molecule has 4 fully saturated rings. The average molecular weight is 641 g/mol. The monoisotopic (exact) mass is 640 g/mol. The molecule has 47 heavy (non-hydrogen) atoms. The lowest BCUT2D eigenvalue weighted by Gasteiger charge is -2.35. The third kappa shape index (κ3) is 5.14. The van der Waals surface area contributed by atoms with Gasteiger partial charge in [0.2, 0.25) is 0 Å². The van der Waals surface area contributed by atoms with E-state index in [-0.39, 0.29) is 39.6 Å². The summed E-state index contributed by atoms with van der Waals surface area (Å²) in [5, 5.41) is 15.4. The van der Waals surface area contributed by atoms with Crippen molar-refractivity contribution in [1.29, 1.82) is 0 Å². The summed E-state index contributed by atoms with van der Waals surface area (Å²) in [6.45, 7) is 6.26. The summed E-state index contributed by atoms with van der Waals surface area (Å²) in [5.41, 5.74) is -0.0143. The minimum Gasteiger partial charge on any atom is -0.508 e. The van der Waals surface area contributed by atoms with Crippen LogP contribution >= 0.6 is 0 Å². The predicted octanol–water partition coefficient (Wildman–Crippen LogP) is 5.16. The zero-order valence-corrected chi connectivity index (χ0v) is 26.4. The molecule has 0 spiro atoms. The van der Waals surface area contributed by atoms with Crippen LogP contribution in [0.5, 0.6) is 11.8 Å². The molecule has 2 N–H and O–H groups in total. The van der Waals surface area contributed by atoms with E-state index < -0.39 is 11.6 Å².